The molecule has 0 fully saturated rings. The third-order valence-electron chi connectivity index (χ3n) is 7.26. The highest BCUT2D eigenvalue weighted by Crippen LogP contribution is 2.32. The molecular formula is C30H42N4. The standard InChI is InChI=1S/C30H42N4/c1-19(2)23-11-9-13-25(15-23)33-17-27(21(5)6)31-29(33)30-32-28(22(7)8)18-34(30)26-14-10-12-24(16-26)20(3)4/h9-16,19-22,27-28H,17-18H2,1-8H3/t27-,28+. The summed E-state index contributed by atoms with van der Waals surface area (Å²) < 4.78 is 0. The van der Waals surface area contributed by atoms with Crippen molar-refractivity contribution in [3.8, 4) is 0 Å². The minimum absolute atomic E-state index is 0.266. The number of benzene rings is 2. The van der Waals surface area contributed by atoms with Crippen molar-refractivity contribution in [2.24, 2.45) is 21.8 Å². The molecule has 2 aliphatic rings. The summed E-state index contributed by atoms with van der Waals surface area (Å²) in [5, 5.41) is 0. The van der Waals surface area contributed by atoms with Crippen molar-refractivity contribution in [2.75, 3.05) is 22.9 Å². The lowest BCUT2D eigenvalue weighted by Crippen LogP contribution is -2.42. The van der Waals surface area contributed by atoms with Crippen LogP contribution in [0.5, 0.6) is 0 Å². The number of nitrogens with zero attached hydrogens (tertiary/aromatic N) is 4. The second-order valence-electron chi connectivity index (χ2n) is 11.2. The van der Waals surface area contributed by atoms with Crippen molar-refractivity contribution in [1.82, 2.24) is 0 Å². The Morgan fingerprint density at radius 2 is 1.00 bits per heavy atom. The van der Waals surface area contributed by atoms with Gasteiger partial charge in [0.05, 0.1) is 12.1 Å². The van der Waals surface area contributed by atoms with Gasteiger partial charge in [-0.05, 0) is 59.1 Å². The van der Waals surface area contributed by atoms with Gasteiger partial charge in [-0.25, -0.2) is 0 Å². The summed E-state index contributed by atoms with van der Waals surface area (Å²) in [5.74, 6) is 4.00. The maximum absolute atomic E-state index is 5.30. The van der Waals surface area contributed by atoms with Crippen LogP contribution in [0.2, 0.25) is 0 Å². The molecule has 0 unspecified atom stereocenters. The highest BCUT2D eigenvalue weighted by atomic mass is 15.4. The van der Waals surface area contributed by atoms with E-state index in [0.29, 0.717) is 23.7 Å². The molecule has 4 rings (SSSR count). The molecule has 0 radical (unpaired) electrons. The van der Waals surface area contributed by atoms with Crippen LogP contribution < -0.4 is 9.80 Å². The predicted octanol–water partition coefficient (Wildman–Crippen LogP) is 7.12. The van der Waals surface area contributed by atoms with Crippen LogP contribution in [0.25, 0.3) is 0 Å². The Kier molecular flexibility index (Phi) is 7.16. The van der Waals surface area contributed by atoms with E-state index in [9.17, 15) is 0 Å². The summed E-state index contributed by atoms with van der Waals surface area (Å²) in [4.78, 5) is 15.4. The van der Waals surface area contributed by atoms with E-state index in [4.69, 9.17) is 9.98 Å². The Hall–Kier alpha value is -2.62. The Morgan fingerprint density at radius 3 is 1.32 bits per heavy atom. The van der Waals surface area contributed by atoms with Crippen molar-refractivity contribution >= 4 is 23.0 Å². The van der Waals surface area contributed by atoms with E-state index in [1.54, 1.807) is 0 Å². The molecule has 2 heterocycles. The largest absolute Gasteiger partial charge is 0.321 e. The normalized spacial score (nSPS) is 20.8. The summed E-state index contributed by atoms with van der Waals surface area (Å²) in [6, 6.07) is 18.5. The highest BCUT2D eigenvalue weighted by molar-refractivity contribution is 6.50. The highest BCUT2D eigenvalue weighted by Gasteiger charge is 2.38. The third kappa shape index (κ3) is 4.92. The Bertz CT molecular complexity index is 977. The van der Waals surface area contributed by atoms with Gasteiger partial charge in [-0.1, -0.05) is 79.7 Å². The zero-order valence-electron chi connectivity index (χ0n) is 22.3. The van der Waals surface area contributed by atoms with Gasteiger partial charge >= 0.3 is 0 Å². The van der Waals surface area contributed by atoms with E-state index in [-0.39, 0.29) is 12.1 Å². The minimum Gasteiger partial charge on any atom is -0.321 e. The van der Waals surface area contributed by atoms with Gasteiger partial charge in [0.15, 0.2) is 11.7 Å². The first-order valence-corrected chi connectivity index (χ1v) is 13.1. The average Bonchev–Trinajstić information content (AvgIpc) is 3.44. The van der Waals surface area contributed by atoms with Gasteiger partial charge < -0.3 is 9.80 Å². The van der Waals surface area contributed by atoms with Crippen molar-refractivity contribution in [3.05, 3.63) is 59.7 Å². The van der Waals surface area contributed by atoms with Crippen LogP contribution in [0.1, 0.15) is 78.4 Å². The molecule has 0 spiro atoms. The van der Waals surface area contributed by atoms with Gasteiger partial charge in [0.2, 0.25) is 0 Å². The number of anilines is 2. The molecule has 0 aliphatic carbocycles. The maximum Gasteiger partial charge on any atom is 0.172 e. The Labute approximate surface area is 206 Å². The quantitative estimate of drug-likeness (QED) is 0.442. The summed E-state index contributed by atoms with van der Waals surface area (Å²) >= 11 is 0. The van der Waals surface area contributed by atoms with E-state index < -0.39 is 0 Å². The first-order chi connectivity index (χ1) is 16.2. The molecule has 2 atom stereocenters. The second-order valence-corrected chi connectivity index (χ2v) is 11.2. The summed E-state index contributed by atoms with van der Waals surface area (Å²) in [7, 11) is 0. The molecule has 0 N–H and O–H groups in total. The predicted molar refractivity (Wildman–Crippen MR) is 148 cm³/mol. The molecule has 34 heavy (non-hydrogen) atoms. The first-order valence-electron chi connectivity index (χ1n) is 13.1. The van der Waals surface area contributed by atoms with Crippen LogP contribution in [0.15, 0.2) is 58.5 Å². The van der Waals surface area contributed by atoms with E-state index in [1.165, 1.54) is 22.5 Å². The van der Waals surface area contributed by atoms with Crippen molar-refractivity contribution in [1.29, 1.82) is 0 Å². The molecule has 2 aromatic carbocycles. The topological polar surface area (TPSA) is 31.2 Å². The molecule has 4 heteroatoms. The van der Waals surface area contributed by atoms with Gasteiger partial charge in [-0.15, -0.1) is 0 Å². The number of rotatable bonds is 7. The van der Waals surface area contributed by atoms with Crippen molar-refractivity contribution in [2.45, 2.75) is 79.3 Å². The van der Waals surface area contributed by atoms with Crippen molar-refractivity contribution in [3.63, 3.8) is 0 Å². The fourth-order valence-corrected chi connectivity index (χ4v) is 4.72. The van der Waals surface area contributed by atoms with Crippen LogP contribution in [-0.2, 0) is 0 Å². The molecule has 0 aromatic heterocycles. The molecular weight excluding hydrogens is 416 g/mol. The molecule has 4 nitrogen and oxygen atoms in total. The first kappa shape index (κ1) is 24.5. The van der Waals surface area contributed by atoms with Crippen LogP contribution in [0, 0.1) is 11.8 Å². The molecule has 182 valence electrons. The van der Waals surface area contributed by atoms with E-state index >= 15 is 0 Å². The summed E-state index contributed by atoms with van der Waals surface area (Å²) in [6.45, 7) is 19.9. The lowest BCUT2D eigenvalue weighted by molar-refractivity contribution is 0.521. The maximum atomic E-state index is 5.30. The van der Waals surface area contributed by atoms with Crippen LogP contribution in [0.4, 0.5) is 11.4 Å². The van der Waals surface area contributed by atoms with Crippen molar-refractivity contribution < 1.29 is 0 Å². The number of amidine groups is 2. The Morgan fingerprint density at radius 1 is 0.618 bits per heavy atom. The van der Waals surface area contributed by atoms with E-state index in [1.807, 2.05) is 0 Å². The molecule has 2 aliphatic heterocycles. The van der Waals surface area contributed by atoms with E-state index in [0.717, 1.165) is 24.8 Å². The van der Waals surface area contributed by atoms with Crippen LogP contribution in [-0.4, -0.2) is 36.8 Å². The SMILES string of the molecule is CC(C)c1cccc(N2C[C@@H](C(C)C)N=C2C2=N[C@@H](C(C)C)CN2c2cccc(C(C)C)c2)c1. The minimum atomic E-state index is 0.266. The van der Waals surface area contributed by atoms with Crippen LogP contribution in [0.3, 0.4) is 0 Å². The number of hydrogen-bond donors (Lipinski definition) is 0. The Balaban J connectivity index is 1.79. The zero-order chi connectivity index (χ0) is 24.6. The van der Waals surface area contributed by atoms with Gasteiger partial charge in [0, 0.05) is 24.5 Å². The summed E-state index contributed by atoms with van der Waals surface area (Å²) in [6.07, 6.45) is 0. The fraction of sp³-hybridized carbons (Fsp3) is 0.533. The van der Waals surface area contributed by atoms with Gasteiger partial charge in [-0.2, -0.15) is 0 Å². The monoisotopic (exact) mass is 458 g/mol. The lowest BCUT2D eigenvalue weighted by atomic mass is 10.0. The average molecular weight is 459 g/mol. The second kappa shape index (κ2) is 9.93. The van der Waals surface area contributed by atoms with Crippen LogP contribution >= 0.6 is 0 Å². The van der Waals surface area contributed by atoms with E-state index in [2.05, 4.69) is 114 Å². The van der Waals surface area contributed by atoms with Gasteiger partial charge in [0.25, 0.3) is 0 Å². The zero-order valence-corrected chi connectivity index (χ0v) is 22.3. The lowest BCUT2D eigenvalue weighted by Gasteiger charge is -2.27. The number of aliphatic imine (C=N–C) groups is 2. The smallest absolute Gasteiger partial charge is 0.172 e. The third-order valence-corrected chi connectivity index (χ3v) is 7.26. The van der Waals surface area contributed by atoms with Gasteiger partial charge in [0.1, 0.15) is 0 Å². The number of hydrogen-bond acceptors (Lipinski definition) is 4. The van der Waals surface area contributed by atoms with Gasteiger partial charge in [-0.3, -0.25) is 9.98 Å². The summed E-state index contributed by atoms with van der Waals surface area (Å²) in [5.41, 5.74) is 5.17. The molecule has 0 bridgehead atoms. The molecule has 2 aromatic rings. The molecule has 0 saturated carbocycles. The molecule has 0 saturated heterocycles. The fourth-order valence-electron chi connectivity index (χ4n) is 4.72. The molecule has 0 amide bonds.